The average molecular weight is 409 g/mol. The lowest BCUT2D eigenvalue weighted by molar-refractivity contribution is 0.0702. The van der Waals surface area contributed by atoms with Gasteiger partial charge in [-0.15, -0.1) is 11.3 Å². The van der Waals surface area contributed by atoms with Crippen LogP contribution in [0.15, 0.2) is 34.5 Å². The lowest BCUT2D eigenvalue weighted by Gasteiger charge is -2.33. The molecule has 0 unspecified atom stereocenters. The predicted octanol–water partition coefficient (Wildman–Crippen LogP) is 2.21. The van der Waals surface area contributed by atoms with E-state index in [0.29, 0.717) is 24.1 Å². The Hall–Kier alpha value is -1.88. The van der Waals surface area contributed by atoms with Gasteiger partial charge < -0.3 is 4.90 Å². The van der Waals surface area contributed by atoms with Gasteiger partial charge in [-0.05, 0) is 36.1 Å². The van der Waals surface area contributed by atoms with Crippen molar-refractivity contribution in [1.29, 1.82) is 0 Å². The van der Waals surface area contributed by atoms with E-state index in [2.05, 4.69) is 8.75 Å². The lowest BCUT2D eigenvalue weighted by Crippen LogP contribution is -2.50. The molecule has 3 aromatic rings. The quantitative estimate of drug-likeness (QED) is 0.663. The van der Waals surface area contributed by atoms with Crippen molar-refractivity contribution in [3.63, 3.8) is 0 Å². The summed E-state index contributed by atoms with van der Waals surface area (Å²) in [5.41, 5.74) is 1.95. The Bertz CT molecular complexity index is 1070. The zero-order valence-electron chi connectivity index (χ0n) is 14.0. The second-order valence-corrected chi connectivity index (χ2v) is 9.37. The number of aromatic nitrogens is 2. The van der Waals surface area contributed by atoms with Crippen molar-refractivity contribution in [2.45, 2.75) is 11.8 Å². The van der Waals surface area contributed by atoms with Gasteiger partial charge in [-0.2, -0.15) is 13.1 Å². The Morgan fingerprint density at radius 3 is 2.58 bits per heavy atom. The molecule has 136 valence electrons. The number of carbonyl (C=O) groups is 1. The van der Waals surface area contributed by atoms with Crippen LogP contribution in [-0.4, -0.2) is 58.5 Å². The highest BCUT2D eigenvalue weighted by Crippen LogP contribution is 2.26. The van der Waals surface area contributed by atoms with Gasteiger partial charge in [0.2, 0.25) is 10.0 Å². The van der Waals surface area contributed by atoms with E-state index in [-0.39, 0.29) is 23.9 Å². The van der Waals surface area contributed by atoms with Gasteiger partial charge >= 0.3 is 0 Å². The molecular formula is C16H16N4O3S3. The Labute approximate surface area is 159 Å². The van der Waals surface area contributed by atoms with Gasteiger partial charge in [0, 0.05) is 26.2 Å². The molecule has 1 aromatic carbocycles. The maximum absolute atomic E-state index is 13.0. The fourth-order valence-corrected chi connectivity index (χ4v) is 6.06. The highest BCUT2D eigenvalue weighted by Gasteiger charge is 2.32. The summed E-state index contributed by atoms with van der Waals surface area (Å²) in [5.74, 6) is -0.0275. The fourth-order valence-electron chi connectivity index (χ4n) is 3.00. The van der Waals surface area contributed by atoms with Crippen molar-refractivity contribution in [3.8, 4) is 0 Å². The van der Waals surface area contributed by atoms with E-state index < -0.39 is 10.0 Å². The number of nitrogens with zero attached hydrogens (tertiary/aromatic N) is 4. The molecule has 0 aliphatic carbocycles. The number of piperazine rings is 1. The monoisotopic (exact) mass is 408 g/mol. The van der Waals surface area contributed by atoms with Crippen LogP contribution in [0.1, 0.15) is 15.2 Å². The molecule has 7 nitrogen and oxygen atoms in total. The van der Waals surface area contributed by atoms with Crippen LogP contribution < -0.4 is 0 Å². The summed E-state index contributed by atoms with van der Waals surface area (Å²) in [6.45, 7) is 3.20. The predicted molar refractivity (Wildman–Crippen MR) is 101 cm³/mol. The van der Waals surface area contributed by atoms with E-state index in [0.717, 1.165) is 22.2 Å². The standard InChI is InChI=1S/C16H16N4O3S3/c1-11-5-10-24-15(11)16(21)19-6-8-20(9-7-19)26(22,23)13-4-2-3-12-14(13)18-25-17-12/h2-5,10H,6-9H2,1H3. The molecule has 10 heteroatoms. The summed E-state index contributed by atoms with van der Waals surface area (Å²) in [5, 5.41) is 1.89. The maximum atomic E-state index is 13.0. The molecule has 3 heterocycles. The molecule has 1 aliphatic heterocycles. The fraction of sp³-hybridized carbons (Fsp3) is 0.312. The topological polar surface area (TPSA) is 83.5 Å². The Kier molecular flexibility index (Phi) is 4.51. The molecule has 1 fully saturated rings. The minimum atomic E-state index is -3.67. The van der Waals surface area contributed by atoms with Crippen molar-refractivity contribution in [1.82, 2.24) is 18.0 Å². The van der Waals surface area contributed by atoms with Gasteiger partial charge in [-0.1, -0.05) is 6.07 Å². The largest absolute Gasteiger partial charge is 0.335 e. The SMILES string of the molecule is Cc1ccsc1C(=O)N1CCN(S(=O)(=O)c2cccc3nsnc23)CC1. The van der Waals surface area contributed by atoms with Crippen molar-refractivity contribution in [3.05, 3.63) is 40.1 Å². The first-order chi connectivity index (χ1) is 12.5. The van der Waals surface area contributed by atoms with Crippen LogP contribution in [0.25, 0.3) is 11.0 Å². The number of amides is 1. The minimum Gasteiger partial charge on any atom is -0.335 e. The normalized spacial score (nSPS) is 16.3. The summed E-state index contributed by atoms with van der Waals surface area (Å²) in [6.07, 6.45) is 0. The molecule has 26 heavy (non-hydrogen) atoms. The van der Waals surface area contributed by atoms with E-state index in [9.17, 15) is 13.2 Å². The number of carbonyl (C=O) groups excluding carboxylic acids is 1. The van der Waals surface area contributed by atoms with Crippen LogP contribution in [0.3, 0.4) is 0 Å². The molecule has 0 spiro atoms. The number of thiophene rings is 1. The molecular weight excluding hydrogens is 392 g/mol. The zero-order valence-corrected chi connectivity index (χ0v) is 16.4. The van der Waals surface area contributed by atoms with E-state index in [1.54, 1.807) is 23.1 Å². The van der Waals surface area contributed by atoms with Crippen LogP contribution in [-0.2, 0) is 10.0 Å². The third-order valence-corrected chi connectivity index (χ3v) is 7.93. The summed E-state index contributed by atoms with van der Waals surface area (Å²) in [4.78, 5) is 15.2. The summed E-state index contributed by atoms with van der Waals surface area (Å²) < 4.78 is 35.7. The highest BCUT2D eigenvalue weighted by atomic mass is 32.2. The van der Waals surface area contributed by atoms with E-state index >= 15 is 0 Å². The van der Waals surface area contributed by atoms with Crippen LogP contribution in [0, 0.1) is 6.92 Å². The Balaban J connectivity index is 1.53. The first kappa shape index (κ1) is 17.5. The van der Waals surface area contributed by atoms with Crippen LogP contribution in [0.4, 0.5) is 0 Å². The third kappa shape index (κ3) is 2.92. The van der Waals surface area contributed by atoms with Crippen molar-refractivity contribution in [2.24, 2.45) is 0 Å². The molecule has 0 saturated carbocycles. The van der Waals surface area contributed by atoms with Crippen LogP contribution in [0.2, 0.25) is 0 Å². The average Bonchev–Trinajstić information content (AvgIpc) is 3.29. The van der Waals surface area contributed by atoms with Gasteiger partial charge in [-0.3, -0.25) is 4.79 Å². The minimum absolute atomic E-state index is 0.0275. The van der Waals surface area contributed by atoms with Crippen molar-refractivity contribution in [2.75, 3.05) is 26.2 Å². The van der Waals surface area contributed by atoms with Crippen LogP contribution >= 0.6 is 23.1 Å². The van der Waals surface area contributed by atoms with Gasteiger partial charge in [0.05, 0.1) is 16.6 Å². The van der Waals surface area contributed by atoms with Crippen LogP contribution in [0.5, 0.6) is 0 Å². The molecule has 1 aliphatic rings. The number of benzene rings is 1. The second kappa shape index (κ2) is 6.69. The molecule has 0 radical (unpaired) electrons. The summed E-state index contributed by atoms with van der Waals surface area (Å²) in [6, 6.07) is 6.90. The van der Waals surface area contributed by atoms with Crippen molar-refractivity contribution >= 4 is 50.0 Å². The molecule has 4 rings (SSSR count). The number of sulfonamides is 1. The third-order valence-electron chi connectivity index (χ3n) is 4.45. The number of hydrogen-bond acceptors (Lipinski definition) is 7. The van der Waals surface area contributed by atoms with E-state index in [1.807, 2.05) is 18.4 Å². The summed E-state index contributed by atoms with van der Waals surface area (Å²) >= 11 is 2.42. The highest BCUT2D eigenvalue weighted by molar-refractivity contribution is 7.89. The molecule has 0 N–H and O–H groups in total. The number of rotatable bonds is 3. The number of fused-ring (bicyclic) bond motifs is 1. The smallest absolute Gasteiger partial charge is 0.264 e. The van der Waals surface area contributed by atoms with E-state index in [1.165, 1.54) is 15.6 Å². The van der Waals surface area contributed by atoms with Gasteiger partial charge in [0.25, 0.3) is 5.91 Å². The molecule has 1 amide bonds. The molecule has 0 atom stereocenters. The molecule has 0 bridgehead atoms. The maximum Gasteiger partial charge on any atom is 0.264 e. The zero-order chi connectivity index (χ0) is 18.3. The Morgan fingerprint density at radius 1 is 1.12 bits per heavy atom. The van der Waals surface area contributed by atoms with Crippen molar-refractivity contribution < 1.29 is 13.2 Å². The number of hydrogen-bond donors (Lipinski definition) is 0. The summed E-state index contributed by atoms with van der Waals surface area (Å²) in [7, 11) is -3.67. The van der Waals surface area contributed by atoms with Gasteiger partial charge in [0.1, 0.15) is 15.9 Å². The number of aryl methyl sites for hydroxylation is 1. The van der Waals surface area contributed by atoms with E-state index in [4.69, 9.17) is 0 Å². The Morgan fingerprint density at radius 2 is 1.88 bits per heavy atom. The lowest BCUT2D eigenvalue weighted by atomic mass is 10.2. The first-order valence-electron chi connectivity index (χ1n) is 8.03. The molecule has 1 saturated heterocycles. The van der Waals surface area contributed by atoms with Gasteiger partial charge in [0.15, 0.2) is 0 Å². The van der Waals surface area contributed by atoms with Gasteiger partial charge in [-0.25, -0.2) is 8.42 Å². The second-order valence-electron chi connectivity index (χ2n) is 6.02. The molecule has 2 aromatic heterocycles. The first-order valence-corrected chi connectivity index (χ1v) is 11.1.